The number of amides is 1. The van der Waals surface area contributed by atoms with Crippen molar-refractivity contribution in [2.45, 2.75) is 19.6 Å². The zero-order chi connectivity index (χ0) is 21.1. The van der Waals surface area contributed by atoms with E-state index in [9.17, 15) is 9.59 Å². The van der Waals surface area contributed by atoms with E-state index in [1.54, 1.807) is 30.3 Å². The molecule has 1 aliphatic heterocycles. The van der Waals surface area contributed by atoms with E-state index in [0.717, 1.165) is 5.39 Å². The largest absolute Gasteiger partial charge is 0.486 e. The molecule has 1 atom stereocenters. The van der Waals surface area contributed by atoms with E-state index in [1.165, 1.54) is 14.0 Å². The van der Waals surface area contributed by atoms with Crippen LogP contribution in [0.15, 0.2) is 46.9 Å². The van der Waals surface area contributed by atoms with Crippen LogP contribution in [0.1, 0.15) is 23.0 Å². The number of hydrogen-bond donors (Lipinski definition) is 1. The highest BCUT2D eigenvalue weighted by Gasteiger charge is 2.26. The molecule has 0 bridgehead atoms. The van der Waals surface area contributed by atoms with Gasteiger partial charge in [0.2, 0.25) is 5.76 Å². The normalized spacial score (nSPS) is 13.7. The van der Waals surface area contributed by atoms with Crippen LogP contribution in [0.4, 0.5) is 5.69 Å². The molecule has 3 aromatic rings. The molecule has 2 heterocycles. The quantitative estimate of drug-likeness (QED) is 0.620. The third-order valence-electron chi connectivity index (χ3n) is 4.64. The van der Waals surface area contributed by atoms with Crippen LogP contribution in [0.25, 0.3) is 11.0 Å². The summed E-state index contributed by atoms with van der Waals surface area (Å²) in [6.45, 7) is 2.60. The summed E-state index contributed by atoms with van der Waals surface area (Å²) in [6.07, 6.45) is -1.05. The Morgan fingerprint density at radius 2 is 1.87 bits per heavy atom. The first-order chi connectivity index (χ1) is 14.6. The smallest absolute Gasteiger partial charge is 0.375 e. The maximum absolute atomic E-state index is 12.7. The van der Waals surface area contributed by atoms with Gasteiger partial charge in [0, 0.05) is 29.8 Å². The second kappa shape index (κ2) is 8.46. The van der Waals surface area contributed by atoms with E-state index in [0.29, 0.717) is 41.5 Å². The molecule has 1 aromatic heterocycles. The maximum Gasteiger partial charge on any atom is 0.375 e. The van der Waals surface area contributed by atoms with E-state index in [2.05, 4.69) is 5.32 Å². The zero-order valence-electron chi connectivity index (χ0n) is 16.6. The summed E-state index contributed by atoms with van der Waals surface area (Å²) in [6, 6.07) is 12.3. The van der Waals surface area contributed by atoms with Crippen molar-refractivity contribution in [3.05, 3.63) is 53.8 Å². The minimum Gasteiger partial charge on any atom is -0.486 e. The van der Waals surface area contributed by atoms with Crippen LogP contribution in [0.2, 0.25) is 0 Å². The summed E-state index contributed by atoms with van der Waals surface area (Å²) in [5.41, 5.74) is 1.64. The highest BCUT2D eigenvalue weighted by molar-refractivity contribution is 5.99. The Balaban J connectivity index is 1.46. The Hall–Kier alpha value is -3.52. The van der Waals surface area contributed by atoms with Gasteiger partial charge in [-0.15, -0.1) is 0 Å². The minimum absolute atomic E-state index is 0.0250. The standard InChI is InChI=1S/C22H21NO7/c1-13(21(24)23-14-7-8-18-19(11-14)28-10-9-27-18)29-22(25)20-16(12-26-2)15-5-3-4-6-17(15)30-20/h3-8,11,13H,9-10,12H2,1-2H3,(H,23,24)/t13-/m0/s1. The highest BCUT2D eigenvalue weighted by atomic mass is 16.6. The van der Waals surface area contributed by atoms with Crippen molar-refractivity contribution in [3.63, 3.8) is 0 Å². The Morgan fingerprint density at radius 1 is 1.10 bits per heavy atom. The predicted octanol–water partition coefficient (Wildman–Crippen LogP) is 3.53. The number of anilines is 1. The van der Waals surface area contributed by atoms with Gasteiger partial charge in [-0.1, -0.05) is 18.2 Å². The van der Waals surface area contributed by atoms with Crippen LogP contribution in [-0.4, -0.2) is 38.3 Å². The van der Waals surface area contributed by atoms with Crippen molar-refractivity contribution in [2.24, 2.45) is 0 Å². The molecule has 0 spiro atoms. The lowest BCUT2D eigenvalue weighted by Gasteiger charge is -2.19. The number of hydrogen-bond acceptors (Lipinski definition) is 7. The molecular weight excluding hydrogens is 390 g/mol. The lowest BCUT2D eigenvalue weighted by molar-refractivity contribution is -0.123. The van der Waals surface area contributed by atoms with Crippen LogP contribution in [0, 0.1) is 0 Å². The Kier molecular flexibility index (Phi) is 5.58. The minimum atomic E-state index is -1.05. The number of methoxy groups -OCH3 is 1. The summed E-state index contributed by atoms with van der Waals surface area (Å²) < 4.78 is 27.2. The number of ether oxygens (including phenoxy) is 4. The number of esters is 1. The zero-order valence-corrected chi connectivity index (χ0v) is 16.6. The van der Waals surface area contributed by atoms with E-state index in [1.807, 2.05) is 12.1 Å². The third kappa shape index (κ3) is 3.95. The maximum atomic E-state index is 12.7. The van der Waals surface area contributed by atoms with Gasteiger partial charge in [-0.2, -0.15) is 0 Å². The second-order valence-corrected chi connectivity index (χ2v) is 6.73. The topological polar surface area (TPSA) is 96.2 Å². The molecule has 8 nitrogen and oxygen atoms in total. The van der Waals surface area contributed by atoms with Crippen LogP contribution in [0.5, 0.6) is 11.5 Å². The molecule has 0 saturated heterocycles. The molecule has 0 unspecified atom stereocenters. The van der Waals surface area contributed by atoms with E-state index in [-0.39, 0.29) is 12.4 Å². The van der Waals surface area contributed by atoms with Gasteiger partial charge in [0.25, 0.3) is 5.91 Å². The summed E-state index contributed by atoms with van der Waals surface area (Å²) in [7, 11) is 1.53. The monoisotopic (exact) mass is 411 g/mol. The second-order valence-electron chi connectivity index (χ2n) is 6.73. The Morgan fingerprint density at radius 3 is 2.67 bits per heavy atom. The fraction of sp³-hybridized carbons (Fsp3) is 0.273. The van der Waals surface area contributed by atoms with Crippen molar-refractivity contribution in [3.8, 4) is 11.5 Å². The van der Waals surface area contributed by atoms with Crippen molar-refractivity contribution in [2.75, 3.05) is 25.6 Å². The van der Waals surface area contributed by atoms with Gasteiger partial charge < -0.3 is 28.7 Å². The van der Waals surface area contributed by atoms with Gasteiger partial charge in [-0.25, -0.2) is 4.79 Å². The van der Waals surface area contributed by atoms with Crippen molar-refractivity contribution in [1.82, 2.24) is 0 Å². The first-order valence-corrected chi connectivity index (χ1v) is 9.47. The summed E-state index contributed by atoms with van der Waals surface area (Å²) in [4.78, 5) is 25.2. The molecule has 8 heteroatoms. The van der Waals surface area contributed by atoms with Crippen molar-refractivity contribution in [1.29, 1.82) is 0 Å². The molecule has 1 aliphatic rings. The number of nitrogens with one attached hydrogen (secondary N) is 1. The first kappa shape index (κ1) is 19.8. The molecule has 0 radical (unpaired) electrons. The lowest BCUT2D eigenvalue weighted by Crippen LogP contribution is -2.30. The molecule has 156 valence electrons. The molecule has 1 amide bonds. The van der Waals surface area contributed by atoms with Crippen LogP contribution >= 0.6 is 0 Å². The summed E-state index contributed by atoms with van der Waals surface area (Å²) >= 11 is 0. The SMILES string of the molecule is COCc1c(C(=O)O[C@@H](C)C(=O)Nc2ccc3c(c2)OCCO3)oc2ccccc12. The van der Waals surface area contributed by atoms with Gasteiger partial charge in [0.1, 0.15) is 18.8 Å². The average molecular weight is 411 g/mol. The molecule has 0 aliphatic carbocycles. The Bertz CT molecular complexity index is 1090. The summed E-state index contributed by atoms with van der Waals surface area (Å²) in [5, 5.41) is 3.47. The van der Waals surface area contributed by atoms with Gasteiger partial charge >= 0.3 is 5.97 Å². The lowest BCUT2D eigenvalue weighted by atomic mass is 10.1. The average Bonchev–Trinajstić information content (AvgIpc) is 3.12. The van der Waals surface area contributed by atoms with Gasteiger partial charge in [0.15, 0.2) is 17.6 Å². The van der Waals surface area contributed by atoms with Crippen molar-refractivity contribution < 1.29 is 33.0 Å². The number of rotatable bonds is 6. The summed E-state index contributed by atoms with van der Waals surface area (Å²) in [5.74, 6) is -0.0194. The number of fused-ring (bicyclic) bond motifs is 2. The van der Waals surface area contributed by atoms with Crippen LogP contribution < -0.4 is 14.8 Å². The third-order valence-corrected chi connectivity index (χ3v) is 4.64. The van der Waals surface area contributed by atoms with Crippen LogP contribution in [0.3, 0.4) is 0 Å². The highest BCUT2D eigenvalue weighted by Crippen LogP contribution is 2.32. The Labute approximate surface area is 172 Å². The van der Waals surface area contributed by atoms with E-state index >= 15 is 0 Å². The number of furan rings is 1. The molecule has 1 N–H and O–H groups in total. The van der Waals surface area contributed by atoms with Gasteiger partial charge in [-0.3, -0.25) is 4.79 Å². The number of carbonyl (C=O) groups is 2. The van der Waals surface area contributed by atoms with E-state index in [4.69, 9.17) is 23.4 Å². The van der Waals surface area contributed by atoms with Crippen molar-refractivity contribution >= 4 is 28.5 Å². The number of para-hydroxylation sites is 1. The van der Waals surface area contributed by atoms with Gasteiger partial charge in [-0.05, 0) is 25.1 Å². The van der Waals surface area contributed by atoms with Crippen LogP contribution in [-0.2, 0) is 20.9 Å². The fourth-order valence-corrected chi connectivity index (χ4v) is 3.18. The molecule has 0 saturated carbocycles. The fourth-order valence-electron chi connectivity index (χ4n) is 3.18. The molecule has 0 fully saturated rings. The number of benzene rings is 2. The molecule has 30 heavy (non-hydrogen) atoms. The molecular formula is C22H21NO7. The number of carbonyl (C=O) groups excluding carboxylic acids is 2. The molecule has 4 rings (SSSR count). The first-order valence-electron chi connectivity index (χ1n) is 9.47. The predicted molar refractivity (Wildman–Crippen MR) is 108 cm³/mol. The van der Waals surface area contributed by atoms with E-state index < -0.39 is 18.0 Å². The molecule has 2 aromatic carbocycles. The van der Waals surface area contributed by atoms with Gasteiger partial charge in [0.05, 0.1) is 6.61 Å².